The standard InChI is InChI=1S/C20H25N3O4S/c1-4-6-15(19(26)27-5-2)21-17(24)12-23-18(25)16(22-20(23)28)11-14-9-7-13(3)8-10-14/h7-11,15H,4-6,12H2,1-3H3,(H,21,24)(H,22,28)/b16-11-. The number of nitrogens with zero attached hydrogens (tertiary/aromatic N) is 1. The van der Waals surface area contributed by atoms with Crippen LogP contribution >= 0.6 is 12.2 Å². The summed E-state index contributed by atoms with van der Waals surface area (Å²) < 4.78 is 4.98. The molecule has 8 heteroatoms. The highest BCUT2D eigenvalue weighted by atomic mass is 32.1. The molecule has 1 aliphatic heterocycles. The van der Waals surface area contributed by atoms with Gasteiger partial charge in [0.2, 0.25) is 5.91 Å². The first-order valence-electron chi connectivity index (χ1n) is 9.22. The molecule has 0 saturated carbocycles. The molecule has 1 saturated heterocycles. The highest BCUT2D eigenvalue weighted by Crippen LogP contribution is 2.15. The molecule has 1 unspecified atom stereocenters. The highest BCUT2D eigenvalue weighted by molar-refractivity contribution is 7.80. The zero-order valence-electron chi connectivity index (χ0n) is 16.3. The Bertz CT molecular complexity index is 789. The lowest BCUT2D eigenvalue weighted by atomic mass is 10.1. The second-order valence-electron chi connectivity index (χ2n) is 6.45. The third-order valence-electron chi connectivity index (χ3n) is 4.14. The second-order valence-corrected chi connectivity index (χ2v) is 6.84. The van der Waals surface area contributed by atoms with Crippen LogP contribution in [0.4, 0.5) is 0 Å². The number of aryl methyl sites for hydroxylation is 1. The van der Waals surface area contributed by atoms with Gasteiger partial charge in [-0.1, -0.05) is 43.2 Å². The Balaban J connectivity index is 2.03. The summed E-state index contributed by atoms with van der Waals surface area (Å²) in [5.74, 6) is -1.34. The van der Waals surface area contributed by atoms with Crippen LogP contribution in [0, 0.1) is 6.92 Å². The molecular weight excluding hydrogens is 378 g/mol. The minimum atomic E-state index is -0.737. The summed E-state index contributed by atoms with van der Waals surface area (Å²) >= 11 is 5.19. The second kappa shape index (κ2) is 9.98. The Hall–Kier alpha value is -2.74. The van der Waals surface area contributed by atoms with E-state index in [9.17, 15) is 14.4 Å². The van der Waals surface area contributed by atoms with Crippen molar-refractivity contribution >= 4 is 41.2 Å². The van der Waals surface area contributed by atoms with E-state index in [0.717, 1.165) is 11.1 Å². The summed E-state index contributed by atoms with van der Waals surface area (Å²) in [6.07, 6.45) is 2.85. The first-order chi connectivity index (χ1) is 13.3. The molecule has 0 aromatic heterocycles. The van der Waals surface area contributed by atoms with E-state index in [1.54, 1.807) is 13.0 Å². The molecule has 150 valence electrons. The quantitative estimate of drug-likeness (QED) is 0.392. The van der Waals surface area contributed by atoms with Crippen molar-refractivity contribution in [1.82, 2.24) is 15.5 Å². The van der Waals surface area contributed by atoms with Gasteiger partial charge in [0.25, 0.3) is 5.91 Å². The first kappa shape index (κ1) is 21.6. The Morgan fingerprint density at radius 2 is 1.96 bits per heavy atom. The van der Waals surface area contributed by atoms with Crippen molar-refractivity contribution in [3.05, 3.63) is 41.1 Å². The Morgan fingerprint density at radius 3 is 2.57 bits per heavy atom. The van der Waals surface area contributed by atoms with Crippen molar-refractivity contribution in [2.75, 3.05) is 13.2 Å². The smallest absolute Gasteiger partial charge is 0.328 e. The van der Waals surface area contributed by atoms with Crippen molar-refractivity contribution in [3.63, 3.8) is 0 Å². The molecule has 0 spiro atoms. The van der Waals surface area contributed by atoms with E-state index in [0.29, 0.717) is 18.5 Å². The third kappa shape index (κ3) is 5.63. The van der Waals surface area contributed by atoms with Crippen molar-refractivity contribution < 1.29 is 19.1 Å². The fraction of sp³-hybridized carbons (Fsp3) is 0.400. The first-order valence-corrected chi connectivity index (χ1v) is 9.63. The Kier molecular flexibility index (Phi) is 7.69. The number of carbonyl (C=O) groups excluding carboxylic acids is 3. The summed E-state index contributed by atoms with van der Waals surface area (Å²) in [6.45, 7) is 5.56. The number of esters is 1. The summed E-state index contributed by atoms with van der Waals surface area (Å²) in [6, 6.07) is 6.94. The van der Waals surface area contributed by atoms with E-state index in [4.69, 9.17) is 17.0 Å². The van der Waals surface area contributed by atoms with Crippen LogP contribution in [0.2, 0.25) is 0 Å². The van der Waals surface area contributed by atoms with Crippen LogP contribution in [-0.2, 0) is 19.1 Å². The van der Waals surface area contributed by atoms with Crippen LogP contribution in [0.25, 0.3) is 6.08 Å². The molecule has 1 fully saturated rings. The van der Waals surface area contributed by atoms with Gasteiger partial charge in [0, 0.05) is 0 Å². The van der Waals surface area contributed by atoms with Crippen LogP contribution in [0.1, 0.15) is 37.8 Å². The number of hydrogen-bond donors (Lipinski definition) is 2. The van der Waals surface area contributed by atoms with Crippen LogP contribution in [-0.4, -0.2) is 47.0 Å². The minimum absolute atomic E-state index is 0.154. The van der Waals surface area contributed by atoms with E-state index < -0.39 is 17.9 Å². The van der Waals surface area contributed by atoms with E-state index >= 15 is 0 Å². The van der Waals surface area contributed by atoms with E-state index in [2.05, 4.69) is 10.6 Å². The average molecular weight is 404 g/mol. The molecule has 2 N–H and O–H groups in total. The van der Waals surface area contributed by atoms with Gasteiger partial charge < -0.3 is 15.4 Å². The van der Waals surface area contributed by atoms with Gasteiger partial charge in [0.05, 0.1) is 6.61 Å². The summed E-state index contributed by atoms with van der Waals surface area (Å²) in [5, 5.41) is 5.62. The fourth-order valence-corrected chi connectivity index (χ4v) is 2.97. The van der Waals surface area contributed by atoms with Gasteiger partial charge in [0.15, 0.2) is 5.11 Å². The molecular formula is C20H25N3O4S. The van der Waals surface area contributed by atoms with Gasteiger partial charge in [-0.15, -0.1) is 0 Å². The number of carbonyl (C=O) groups is 3. The lowest BCUT2D eigenvalue weighted by Gasteiger charge is -2.19. The molecule has 1 aliphatic rings. The Labute approximate surface area is 170 Å². The number of thiocarbonyl (C=S) groups is 1. The van der Waals surface area contributed by atoms with Gasteiger partial charge >= 0.3 is 5.97 Å². The van der Waals surface area contributed by atoms with Crippen LogP contribution in [0.5, 0.6) is 0 Å². The minimum Gasteiger partial charge on any atom is -0.464 e. The predicted octanol–water partition coefficient (Wildman–Crippen LogP) is 1.90. The molecule has 0 radical (unpaired) electrons. The van der Waals surface area contributed by atoms with Crippen molar-refractivity contribution in [2.24, 2.45) is 0 Å². The summed E-state index contributed by atoms with van der Waals surface area (Å²) in [5.41, 5.74) is 2.27. The lowest BCUT2D eigenvalue weighted by Crippen LogP contribution is -2.47. The number of ether oxygens (including phenoxy) is 1. The maximum absolute atomic E-state index is 12.6. The topological polar surface area (TPSA) is 87.7 Å². The van der Waals surface area contributed by atoms with Crippen molar-refractivity contribution in [2.45, 2.75) is 39.7 Å². The number of amides is 2. The molecule has 1 atom stereocenters. The third-order valence-corrected chi connectivity index (χ3v) is 4.46. The van der Waals surface area contributed by atoms with Crippen LogP contribution < -0.4 is 10.6 Å². The van der Waals surface area contributed by atoms with Gasteiger partial charge in [-0.3, -0.25) is 14.5 Å². The van der Waals surface area contributed by atoms with E-state index in [1.165, 1.54) is 4.90 Å². The fourth-order valence-electron chi connectivity index (χ4n) is 2.71. The number of rotatable bonds is 8. The molecule has 0 aliphatic carbocycles. The molecule has 7 nitrogen and oxygen atoms in total. The maximum atomic E-state index is 12.6. The average Bonchev–Trinajstić information content (AvgIpc) is 2.91. The van der Waals surface area contributed by atoms with Gasteiger partial charge in [-0.25, -0.2) is 4.79 Å². The molecule has 1 aromatic carbocycles. The molecule has 1 heterocycles. The zero-order valence-corrected chi connectivity index (χ0v) is 17.1. The SMILES string of the molecule is CCCC(NC(=O)CN1C(=O)/C(=C/c2ccc(C)cc2)NC1=S)C(=O)OCC. The number of benzene rings is 1. The molecule has 1 aromatic rings. The number of nitrogens with one attached hydrogen (secondary N) is 2. The largest absolute Gasteiger partial charge is 0.464 e. The zero-order chi connectivity index (χ0) is 20.7. The monoisotopic (exact) mass is 403 g/mol. The lowest BCUT2D eigenvalue weighted by molar-refractivity contribution is -0.147. The normalized spacial score (nSPS) is 16.1. The van der Waals surface area contributed by atoms with Gasteiger partial charge in [-0.2, -0.15) is 0 Å². The Morgan fingerprint density at radius 1 is 1.29 bits per heavy atom. The van der Waals surface area contributed by atoms with Gasteiger partial charge in [-0.05, 0) is 44.1 Å². The van der Waals surface area contributed by atoms with E-state index in [1.807, 2.05) is 38.1 Å². The molecule has 0 bridgehead atoms. The van der Waals surface area contributed by atoms with Crippen LogP contribution in [0.15, 0.2) is 30.0 Å². The predicted molar refractivity (Wildman–Crippen MR) is 110 cm³/mol. The van der Waals surface area contributed by atoms with Crippen molar-refractivity contribution in [1.29, 1.82) is 0 Å². The maximum Gasteiger partial charge on any atom is 0.328 e. The van der Waals surface area contributed by atoms with Gasteiger partial charge in [0.1, 0.15) is 18.3 Å². The highest BCUT2D eigenvalue weighted by Gasteiger charge is 2.33. The van der Waals surface area contributed by atoms with Crippen LogP contribution in [0.3, 0.4) is 0 Å². The molecule has 2 rings (SSSR count). The number of hydrogen-bond acceptors (Lipinski definition) is 5. The summed E-state index contributed by atoms with van der Waals surface area (Å²) in [4.78, 5) is 38.1. The van der Waals surface area contributed by atoms with Crippen molar-refractivity contribution in [3.8, 4) is 0 Å². The molecule has 2 amide bonds. The summed E-state index contributed by atoms with van der Waals surface area (Å²) in [7, 11) is 0. The molecule has 28 heavy (non-hydrogen) atoms. The van der Waals surface area contributed by atoms with E-state index in [-0.39, 0.29) is 24.2 Å².